The van der Waals surface area contributed by atoms with Crippen LogP contribution >= 0.6 is 0 Å². The second kappa shape index (κ2) is 4.90. The molecule has 0 saturated heterocycles. The zero-order valence-corrected chi connectivity index (χ0v) is 13.2. The second-order valence-corrected chi connectivity index (χ2v) is 6.72. The van der Waals surface area contributed by atoms with Crippen molar-refractivity contribution in [2.24, 2.45) is 5.41 Å². The first kappa shape index (κ1) is 14.4. The molecule has 1 aliphatic rings. The van der Waals surface area contributed by atoms with Crippen LogP contribution in [0.4, 0.5) is 0 Å². The van der Waals surface area contributed by atoms with Crippen molar-refractivity contribution < 1.29 is 0 Å². The summed E-state index contributed by atoms with van der Waals surface area (Å²) in [6, 6.07) is 6.52. The predicted molar refractivity (Wildman–Crippen MR) is 86.3 cm³/mol. The maximum atomic E-state index is 9.29. The summed E-state index contributed by atoms with van der Waals surface area (Å²) in [5, 5.41) is 23.9. The van der Waals surface area contributed by atoms with Crippen LogP contribution < -0.4 is 0 Å². The highest BCUT2D eigenvalue weighted by Gasteiger charge is 2.54. The zero-order chi connectivity index (χ0) is 16.8. The minimum absolute atomic E-state index is 0.342. The van der Waals surface area contributed by atoms with Crippen LogP contribution in [0.15, 0.2) is 31.0 Å². The van der Waals surface area contributed by atoms with Crippen molar-refractivity contribution in [3.05, 3.63) is 31.0 Å². The molecule has 7 nitrogen and oxygen atoms in total. The van der Waals surface area contributed by atoms with Gasteiger partial charge in [-0.1, -0.05) is 0 Å². The highest BCUT2D eigenvalue weighted by Crippen LogP contribution is 2.54. The van der Waals surface area contributed by atoms with Gasteiger partial charge in [-0.2, -0.15) is 15.6 Å². The van der Waals surface area contributed by atoms with Crippen molar-refractivity contribution in [1.29, 1.82) is 10.5 Å². The molecule has 0 aromatic carbocycles. The van der Waals surface area contributed by atoms with E-state index in [1.807, 2.05) is 30.1 Å². The van der Waals surface area contributed by atoms with Crippen LogP contribution in [0, 0.1) is 28.1 Å². The number of H-pyrrole nitrogens is 1. The van der Waals surface area contributed by atoms with Crippen LogP contribution in [0.2, 0.25) is 0 Å². The van der Waals surface area contributed by atoms with E-state index in [4.69, 9.17) is 0 Å². The summed E-state index contributed by atoms with van der Waals surface area (Å²) in [4.78, 5) is 11.6. The van der Waals surface area contributed by atoms with Gasteiger partial charge in [0.05, 0.1) is 41.4 Å². The topological polar surface area (TPSA) is 107 Å². The van der Waals surface area contributed by atoms with Crippen LogP contribution in [0.3, 0.4) is 0 Å². The maximum Gasteiger partial charge on any atom is 0.141 e. The van der Waals surface area contributed by atoms with E-state index < -0.39 is 5.54 Å². The van der Waals surface area contributed by atoms with E-state index in [0.717, 1.165) is 22.3 Å². The summed E-state index contributed by atoms with van der Waals surface area (Å²) in [6.07, 6.45) is 8.64. The van der Waals surface area contributed by atoms with Gasteiger partial charge in [0.25, 0.3) is 0 Å². The normalized spacial score (nSPS) is 25.8. The number of nitriles is 2. The molecular formula is C17H15N7. The molecule has 1 N–H and O–H groups in total. The molecule has 0 bridgehead atoms. The molecule has 3 aromatic rings. The first-order valence-corrected chi connectivity index (χ1v) is 7.71. The Hall–Kier alpha value is -3.19. The fourth-order valence-corrected chi connectivity index (χ4v) is 3.80. The molecule has 1 aliphatic carbocycles. The van der Waals surface area contributed by atoms with Gasteiger partial charge in [-0.15, -0.1) is 0 Å². The van der Waals surface area contributed by atoms with Gasteiger partial charge in [-0.25, -0.2) is 9.97 Å². The molecule has 0 aliphatic heterocycles. The highest BCUT2D eigenvalue weighted by molar-refractivity contribution is 5.89. The first-order valence-electron chi connectivity index (χ1n) is 7.71. The minimum Gasteiger partial charge on any atom is -0.346 e. The summed E-state index contributed by atoms with van der Waals surface area (Å²) in [6.45, 7) is 1.93. The molecule has 1 saturated carbocycles. The standard InChI is InChI=1S/C17H15N7/c1-16(10-19)8-17(9-16,3-4-18)24-7-12(6-23-24)14-13-2-5-20-15(13)22-11-21-14/h2,5-7,11H,3,8-9H2,1H3,(H,20,21,22). The van der Waals surface area contributed by atoms with E-state index in [-0.39, 0.29) is 5.41 Å². The Labute approximate surface area is 138 Å². The number of aromatic nitrogens is 5. The van der Waals surface area contributed by atoms with Crippen molar-refractivity contribution in [1.82, 2.24) is 24.7 Å². The van der Waals surface area contributed by atoms with E-state index in [9.17, 15) is 10.5 Å². The average molecular weight is 317 g/mol. The van der Waals surface area contributed by atoms with E-state index in [1.165, 1.54) is 6.33 Å². The number of rotatable bonds is 3. The third-order valence-corrected chi connectivity index (χ3v) is 4.81. The van der Waals surface area contributed by atoms with Gasteiger partial charge >= 0.3 is 0 Å². The van der Waals surface area contributed by atoms with Gasteiger partial charge in [0.1, 0.15) is 12.0 Å². The average Bonchev–Trinajstić information content (AvgIpc) is 3.22. The van der Waals surface area contributed by atoms with Gasteiger partial charge in [0, 0.05) is 23.3 Å². The summed E-state index contributed by atoms with van der Waals surface area (Å²) < 4.78 is 1.84. The van der Waals surface area contributed by atoms with E-state index in [1.54, 1.807) is 6.20 Å². The molecule has 0 unspecified atom stereocenters. The maximum absolute atomic E-state index is 9.29. The van der Waals surface area contributed by atoms with Crippen LogP contribution in [0.1, 0.15) is 26.2 Å². The van der Waals surface area contributed by atoms with Gasteiger partial charge in [0.15, 0.2) is 0 Å². The third-order valence-electron chi connectivity index (χ3n) is 4.81. The molecule has 0 amide bonds. The Morgan fingerprint density at radius 3 is 2.92 bits per heavy atom. The molecule has 0 spiro atoms. The van der Waals surface area contributed by atoms with Crippen molar-refractivity contribution in [2.75, 3.05) is 0 Å². The molecule has 24 heavy (non-hydrogen) atoms. The monoisotopic (exact) mass is 317 g/mol. The molecule has 3 aromatic heterocycles. The smallest absolute Gasteiger partial charge is 0.141 e. The number of aromatic amines is 1. The number of nitrogens with one attached hydrogen (secondary N) is 1. The molecule has 118 valence electrons. The lowest BCUT2D eigenvalue weighted by Crippen LogP contribution is -2.51. The summed E-state index contributed by atoms with van der Waals surface area (Å²) in [7, 11) is 0. The fraction of sp³-hybridized carbons (Fsp3) is 0.353. The quantitative estimate of drug-likeness (QED) is 0.799. The number of hydrogen-bond acceptors (Lipinski definition) is 5. The molecule has 0 radical (unpaired) electrons. The molecule has 7 heteroatoms. The van der Waals surface area contributed by atoms with Crippen molar-refractivity contribution in [3.63, 3.8) is 0 Å². The largest absolute Gasteiger partial charge is 0.346 e. The lowest BCUT2D eigenvalue weighted by Gasteiger charge is -2.50. The first-order chi connectivity index (χ1) is 11.6. The van der Waals surface area contributed by atoms with Gasteiger partial charge < -0.3 is 4.98 Å². The van der Waals surface area contributed by atoms with E-state index in [2.05, 4.69) is 32.2 Å². The zero-order valence-electron chi connectivity index (χ0n) is 13.2. The molecule has 3 heterocycles. The number of hydrogen-bond donors (Lipinski definition) is 1. The molecule has 4 rings (SSSR count). The SMILES string of the molecule is CC1(C#N)CC(CC#N)(n2cc(-c3ncnc4[nH]ccc34)cn2)C1. The Kier molecular flexibility index (Phi) is 2.94. The van der Waals surface area contributed by atoms with Crippen molar-refractivity contribution in [3.8, 4) is 23.4 Å². The second-order valence-electron chi connectivity index (χ2n) is 6.72. The Morgan fingerprint density at radius 2 is 2.17 bits per heavy atom. The van der Waals surface area contributed by atoms with Crippen molar-refractivity contribution >= 4 is 11.0 Å². The van der Waals surface area contributed by atoms with Crippen LogP contribution in [0.25, 0.3) is 22.3 Å². The summed E-state index contributed by atoms with van der Waals surface area (Å²) >= 11 is 0. The fourth-order valence-electron chi connectivity index (χ4n) is 3.80. The predicted octanol–water partition coefficient (Wildman–Crippen LogP) is 2.75. The number of nitrogens with zero attached hydrogens (tertiary/aromatic N) is 6. The Bertz CT molecular complexity index is 992. The van der Waals surface area contributed by atoms with E-state index >= 15 is 0 Å². The minimum atomic E-state index is -0.401. The lowest BCUT2D eigenvalue weighted by molar-refractivity contribution is 0.0198. The Balaban J connectivity index is 1.74. The third kappa shape index (κ3) is 1.99. The van der Waals surface area contributed by atoms with Gasteiger partial charge in [0.2, 0.25) is 0 Å². The summed E-state index contributed by atoms with van der Waals surface area (Å²) in [5.41, 5.74) is 1.68. The van der Waals surface area contributed by atoms with Gasteiger partial charge in [-0.3, -0.25) is 4.68 Å². The Morgan fingerprint density at radius 1 is 1.33 bits per heavy atom. The van der Waals surface area contributed by atoms with Crippen LogP contribution in [-0.2, 0) is 5.54 Å². The molecule has 0 atom stereocenters. The van der Waals surface area contributed by atoms with Crippen LogP contribution in [-0.4, -0.2) is 24.7 Å². The van der Waals surface area contributed by atoms with Crippen LogP contribution in [0.5, 0.6) is 0 Å². The number of fused-ring (bicyclic) bond motifs is 1. The highest BCUT2D eigenvalue weighted by atomic mass is 15.3. The van der Waals surface area contributed by atoms with Crippen molar-refractivity contribution in [2.45, 2.75) is 31.7 Å². The summed E-state index contributed by atoms with van der Waals surface area (Å²) in [5.74, 6) is 0. The lowest BCUT2D eigenvalue weighted by atomic mass is 9.58. The van der Waals surface area contributed by atoms with E-state index in [0.29, 0.717) is 19.3 Å². The van der Waals surface area contributed by atoms with Gasteiger partial charge in [-0.05, 0) is 25.8 Å². The molecular weight excluding hydrogens is 302 g/mol. The molecule has 1 fully saturated rings.